The summed E-state index contributed by atoms with van der Waals surface area (Å²) in [5.74, 6) is 0. The van der Waals surface area contributed by atoms with Crippen LogP contribution in [0.25, 0.3) is 12.2 Å². The van der Waals surface area contributed by atoms with Crippen LogP contribution in [0.4, 0.5) is 0 Å². The van der Waals surface area contributed by atoms with E-state index in [0.717, 1.165) is 19.5 Å². The van der Waals surface area contributed by atoms with E-state index in [1.165, 1.54) is 22.3 Å². The van der Waals surface area contributed by atoms with Gasteiger partial charge in [0.15, 0.2) is 0 Å². The Morgan fingerprint density at radius 2 is 1.10 bits per heavy atom. The zero-order chi connectivity index (χ0) is 13.6. The van der Waals surface area contributed by atoms with Crippen LogP contribution in [0.3, 0.4) is 0 Å². The molecular weight excluding hydrogens is 242 g/mol. The van der Waals surface area contributed by atoms with Crippen LogP contribution in [0.1, 0.15) is 17.5 Å². The summed E-state index contributed by atoms with van der Waals surface area (Å²) >= 11 is 0. The Hall–Kier alpha value is -2.12. The van der Waals surface area contributed by atoms with Gasteiger partial charge in [0.1, 0.15) is 0 Å². The minimum Gasteiger partial charge on any atom is -0.309 e. The third kappa shape index (κ3) is 3.46. The van der Waals surface area contributed by atoms with Crippen LogP contribution >= 0.6 is 0 Å². The number of nitrogens with one attached hydrogen (secondary N) is 1. The van der Waals surface area contributed by atoms with Crippen molar-refractivity contribution in [1.82, 2.24) is 5.32 Å². The van der Waals surface area contributed by atoms with E-state index in [-0.39, 0.29) is 0 Å². The molecule has 1 fully saturated rings. The molecule has 2 aromatic carbocycles. The lowest BCUT2D eigenvalue weighted by Crippen LogP contribution is -2.25. The summed E-state index contributed by atoms with van der Waals surface area (Å²) in [7, 11) is 0. The summed E-state index contributed by atoms with van der Waals surface area (Å²) in [6.45, 7) is 1.97. The molecule has 3 rings (SSSR count). The quantitative estimate of drug-likeness (QED) is 0.856. The van der Waals surface area contributed by atoms with E-state index in [2.05, 4.69) is 78.1 Å². The van der Waals surface area contributed by atoms with Gasteiger partial charge < -0.3 is 5.32 Å². The van der Waals surface area contributed by atoms with Crippen molar-refractivity contribution >= 4 is 12.2 Å². The standard InChI is InChI=1S/C19H19N/c1-3-7-16(8-4-1)11-18-13-19(15-20-14-18)12-17-9-5-2-6-10-17/h1-12,20H,13-15H2. The van der Waals surface area contributed by atoms with Gasteiger partial charge in [-0.3, -0.25) is 0 Å². The molecule has 20 heavy (non-hydrogen) atoms. The SMILES string of the molecule is C(=C1CNCC(=Cc2ccccc2)C1)c1ccccc1. The molecule has 0 unspecified atom stereocenters. The van der Waals surface area contributed by atoms with Gasteiger partial charge in [-0.25, -0.2) is 0 Å². The number of piperidine rings is 1. The highest BCUT2D eigenvalue weighted by atomic mass is 14.9. The highest BCUT2D eigenvalue weighted by Gasteiger charge is 2.09. The van der Waals surface area contributed by atoms with Crippen molar-refractivity contribution in [2.75, 3.05) is 13.1 Å². The zero-order valence-electron chi connectivity index (χ0n) is 11.5. The van der Waals surface area contributed by atoms with Crippen LogP contribution in [0.2, 0.25) is 0 Å². The molecule has 0 bridgehead atoms. The maximum absolute atomic E-state index is 3.49. The average Bonchev–Trinajstić information content (AvgIpc) is 2.50. The van der Waals surface area contributed by atoms with Gasteiger partial charge in [-0.05, 0) is 17.5 Å². The van der Waals surface area contributed by atoms with Crippen molar-refractivity contribution in [1.29, 1.82) is 0 Å². The Bertz CT molecular complexity index is 553. The lowest BCUT2D eigenvalue weighted by molar-refractivity contribution is 0.719. The zero-order valence-corrected chi connectivity index (χ0v) is 11.5. The van der Waals surface area contributed by atoms with E-state index in [4.69, 9.17) is 0 Å². The molecule has 0 atom stereocenters. The van der Waals surface area contributed by atoms with Crippen LogP contribution in [0.15, 0.2) is 71.8 Å². The van der Waals surface area contributed by atoms with Crippen LogP contribution in [-0.4, -0.2) is 13.1 Å². The number of hydrogen-bond donors (Lipinski definition) is 1. The molecule has 0 radical (unpaired) electrons. The molecule has 1 aliphatic heterocycles. The average molecular weight is 261 g/mol. The minimum atomic E-state index is 0.987. The van der Waals surface area contributed by atoms with Crippen molar-refractivity contribution in [3.8, 4) is 0 Å². The summed E-state index contributed by atoms with van der Waals surface area (Å²) in [4.78, 5) is 0. The molecule has 0 aliphatic carbocycles. The molecule has 0 saturated carbocycles. The van der Waals surface area contributed by atoms with E-state index in [1.807, 2.05) is 0 Å². The summed E-state index contributed by atoms with van der Waals surface area (Å²) < 4.78 is 0. The van der Waals surface area contributed by atoms with Gasteiger partial charge in [-0.1, -0.05) is 84.0 Å². The fourth-order valence-electron chi connectivity index (χ4n) is 2.57. The van der Waals surface area contributed by atoms with E-state index in [9.17, 15) is 0 Å². The normalized spacial score (nSPS) is 19.4. The van der Waals surface area contributed by atoms with Gasteiger partial charge in [-0.15, -0.1) is 0 Å². The Balaban J connectivity index is 1.77. The van der Waals surface area contributed by atoms with Crippen molar-refractivity contribution in [2.24, 2.45) is 0 Å². The molecular formula is C19H19N. The van der Waals surface area contributed by atoms with Gasteiger partial charge in [0.25, 0.3) is 0 Å². The third-order valence-corrected chi connectivity index (χ3v) is 3.50. The second-order valence-electron chi connectivity index (χ2n) is 5.21. The summed E-state index contributed by atoms with van der Waals surface area (Å²) in [6.07, 6.45) is 5.66. The lowest BCUT2D eigenvalue weighted by Gasteiger charge is -2.19. The van der Waals surface area contributed by atoms with Crippen LogP contribution in [-0.2, 0) is 0 Å². The Labute approximate surface area is 120 Å². The fraction of sp³-hybridized carbons (Fsp3) is 0.158. The Morgan fingerprint density at radius 3 is 1.55 bits per heavy atom. The van der Waals surface area contributed by atoms with E-state index in [1.54, 1.807) is 0 Å². The Morgan fingerprint density at radius 1 is 0.650 bits per heavy atom. The third-order valence-electron chi connectivity index (χ3n) is 3.50. The van der Waals surface area contributed by atoms with Crippen molar-refractivity contribution in [3.05, 3.63) is 82.9 Å². The summed E-state index contributed by atoms with van der Waals surface area (Å²) in [5.41, 5.74) is 5.46. The molecule has 0 amide bonds. The predicted molar refractivity (Wildman–Crippen MR) is 86.3 cm³/mol. The first kappa shape index (κ1) is 12.9. The largest absolute Gasteiger partial charge is 0.309 e. The molecule has 1 N–H and O–H groups in total. The first-order chi connectivity index (χ1) is 9.90. The van der Waals surface area contributed by atoms with Crippen LogP contribution in [0.5, 0.6) is 0 Å². The van der Waals surface area contributed by atoms with E-state index in [0.29, 0.717) is 0 Å². The van der Waals surface area contributed by atoms with Gasteiger partial charge in [-0.2, -0.15) is 0 Å². The highest BCUT2D eigenvalue weighted by molar-refractivity contribution is 5.59. The first-order valence-electron chi connectivity index (χ1n) is 7.10. The molecule has 1 nitrogen and oxygen atoms in total. The van der Waals surface area contributed by atoms with Gasteiger partial charge in [0, 0.05) is 13.1 Å². The topological polar surface area (TPSA) is 12.0 Å². The smallest absolute Gasteiger partial charge is 0.0174 e. The van der Waals surface area contributed by atoms with Crippen molar-refractivity contribution in [2.45, 2.75) is 6.42 Å². The van der Waals surface area contributed by atoms with Crippen molar-refractivity contribution in [3.63, 3.8) is 0 Å². The lowest BCUT2D eigenvalue weighted by atomic mass is 9.97. The Kier molecular flexibility index (Phi) is 4.10. The molecule has 0 spiro atoms. The fourth-order valence-corrected chi connectivity index (χ4v) is 2.57. The molecule has 1 aliphatic rings. The number of hydrogen-bond acceptors (Lipinski definition) is 1. The van der Waals surface area contributed by atoms with E-state index < -0.39 is 0 Å². The van der Waals surface area contributed by atoms with Gasteiger partial charge >= 0.3 is 0 Å². The molecule has 1 saturated heterocycles. The van der Waals surface area contributed by atoms with Gasteiger partial charge in [0.05, 0.1) is 0 Å². The predicted octanol–water partition coefficient (Wildman–Crippen LogP) is 4.15. The second kappa shape index (κ2) is 6.36. The molecule has 2 aromatic rings. The molecule has 1 heterocycles. The number of rotatable bonds is 2. The first-order valence-corrected chi connectivity index (χ1v) is 7.10. The molecule has 100 valence electrons. The molecule has 0 aromatic heterocycles. The maximum Gasteiger partial charge on any atom is 0.0174 e. The minimum absolute atomic E-state index is 0.987. The second-order valence-corrected chi connectivity index (χ2v) is 5.21. The molecule has 1 heteroatoms. The monoisotopic (exact) mass is 261 g/mol. The van der Waals surface area contributed by atoms with Crippen LogP contribution < -0.4 is 5.32 Å². The van der Waals surface area contributed by atoms with Crippen molar-refractivity contribution < 1.29 is 0 Å². The van der Waals surface area contributed by atoms with E-state index >= 15 is 0 Å². The maximum atomic E-state index is 3.49. The van der Waals surface area contributed by atoms with Crippen LogP contribution in [0, 0.1) is 0 Å². The van der Waals surface area contributed by atoms with Gasteiger partial charge in [0.2, 0.25) is 0 Å². The summed E-state index contributed by atoms with van der Waals surface area (Å²) in [6, 6.07) is 21.1. The number of benzene rings is 2. The summed E-state index contributed by atoms with van der Waals surface area (Å²) in [5, 5.41) is 3.49. The highest BCUT2D eigenvalue weighted by Crippen LogP contribution is 2.20.